The van der Waals surface area contributed by atoms with Gasteiger partial charge in [-0.3, -0.25) is 4.90 Å². The fourth-order valence-corrected chi connectivity index (χ4v) is 2.51. The van der Waals surface area contributed by atoms with Crippen molar-refractivity contribution in [1.82, 2.24) is 4.90 Å². The van der Waals surface area contributed by atoms with E-state index < -0.39 is 0 Å². The molecular weight excluding hydrogens is 220 g/mol. The third-order valence-electron chi connectivity index (χ3n) is 3.47. The molecule has 0 spiro atoms. The van der Waals surface area contributed by atoms with Gasteiger partial charge in [0.15, 0.2) is 0 Å². The number of aliphatic hydroxyl groups excluding tert-OH is 1. The topological polar surface area (TPSA) is 49.5 Å². The number of hydrogen-bond donors (Lipinski definition) is 2. The van der Waals surface area contributed by atoms with Crippen molar-refractivity contribution in [2.45, 2.75) is 45.1 Å². The molecule has 1 aliphatic carbocycles. The highest BCUT2D eigenvalue weighted by molar-refractivity contribution is 7.80. The maximum Gasteiger partial charge on any atom is 0.0768 e. The van der Waals surface area contributed by atoms with Gasteiger partial charge in [-0.2, -0.15) is 0 Å². The second kappa shape index (κ2) is 7.20. The molecule has 0 saturated heterocycles. The Morgan fingerprint density at radius 2 is 2.06 bits per heavy atom. The van der Waals surface area contributed by atoms with E-state index in [1.807, 2.05) is 0 Å². The van der Waals surface area contributed by atoms with Crippen molar-refractivity contribution in [2.75, 3.05) is 19.7 Å². The van der Waals surface area contributed by atoms with Crippen LogP contribution in [0.25, 0.3) is 0 Å². The van der Waals surface area contributed by atoms with E-state index in [-0.39, 0.29) is 12.5 Å². The lowest BCUT2D eigenvalue weighted by molar-refractivity contribution is 0.117. The first-order valence-electron chi connectivity index (χ1n) is 6.29. The summed E-state index contributed by atoms with van der Waals surface area (Å²) >= 11 is 5.01. The third-order valence-corrected chi connectivity index (χ3v) is 3.87. The summed E-state index contributed by atoms with van der Waals surface area (Å²) in [4.78, 5) is 2.95. The van der Waals surface area contributed by atoms with Gasteiger partial charge in [0.25, 0.3) is 0 Å². The average Bonchev–Trinajstić information content (AvgIpc) is 2.29. The van der Waals surface area contributed by atoms with Crippen LogP contribution in [0, 0.1) is 5.92 Å². The molecule has 3 N–H and O–H groups in total. The Labute approximate surface area is 104 Å². The molecule has 1 saturated carbocycles. The molecule has 1 atom stereocenters. The van der Waals surface area contributed by atoms with Crippen molar-refractivity contribution in [3.63, 3.8) is 0 Å². The number of nitrogens with two attached hydrogens (primary N) is 1. The molecule has 0 heterocycles. The van der Waals surface area contributed by atoms with Gasteiger partial charge < -0.3 is 10.8 Å². The van der Waals surface area contributed by atoms with Gasteiger partial charge in [-0.25, -0.2) is 0 Å². The minimum absolute atomic E-state index is 0.223. The van der Waals surface area contributed by atoms with E-state index >= 15 is 0 Å². The lowest BCUT2D eigenvalue weighted by atomic mass is 9.93. The van der Waals surface area contributed by atoms with Crippen molar-refractivity contribution >= 4 is 17.2 Å². The zero-order valence-electron chi connectivity index (χ0n) is 10.2. The Morgan fingerprint density at radius 3 is 2.56 bits per heavy atom. The molecule has 16 heavy (non-hydrogen) atoms. The molecule has 0 bridgehead atoms. The van der Waals surface area contributed by atoms with Crippen LogP contribution in [0.2, 0.25) is 0 Å². The Kier molecular flexibility index (Phi) is 6.24. The van der Waals surface area contributed by atoms with Crippen LogP contribution in [0.5, 0.6) is 0 Å². The molecule has 1 rings (SSSR count). The molecule has 0 amide bonds. The van der Waals surface area contributed by atoms with E-state index in [9.17, 15) is 0 Å². The summed E-state index contributed by atoms with van der Waals surface area (Å²) in [6.45, 7) is 3.92. The Morgan fingerprint density at radius 1 is 1.44 bits per heavy atom. The first kappa shape index (κ1) is 13.9. The smallest absolute Gasteiger partial charge is 0.0768 e. The molecule has 94 valence electrons. The minimum atomic E-state index is 0.223. The van der Waals surface area contributed by atoms with E-state index in [1.165, 1.54) is 32.1 Å². The van der Waals surface area contributed by atoms with Gasteiger partial charge in [-0.15, -0.1) is 0 Å². The van der Waals surface area contributed by atoms with Gasteiger partial charge in [-0.05, 0) is 12.8 Å². The number of aliphatic hydroxyl groups is 1. The fourth-order valence-electron chi connectivity index (χ4n) is 2.44. The maximum atomic E-state index is 9.11. The zero-order valence-corrected chi connectivity index (χ0v) is 11.0. The van der Waals surface area contributed by atoms with Crippen LogP contribution in [-0.2, 0) is 0 Å². The monoisotopic (exact) mass is 244 g/mol. The quantitative estimate of drug-likeness (QED) is 0.696. The van der Waals surface area contributed by atoms with E-state index in [0.29, 0.717) is 11.0 Å². The summed E-state index contributed by atoms with van der Waals surface area (Å²) in [5, 5.41) is 9.11. The second-order valence-electron chi connectivity index (χ2n) is 4.81. The van der Waals surface area contributed by atoms with Crippen LogP contribution in [-0.4, -0.2) is 40.7 Å². The Balaban J connectivity index is 2.48. The second-order valence-corrected chi connectivity index (χ2v) is 5.29. The normalized spacial score (nSPS) is 19.9. The van der Waals surface area contributed by atoms with Crippen LogP contribution in [0.1, 0.15) is 39.0 Å². The van der Waals surface area contributed by atoms with Crippen LogP contribution < -0.4 is 5.73 Å². The molecule has 4 heteroatoms. The van der Waals surface area contributed by atoms with Gasteiger partial charge in [0.2, 0.25) is 0 Å². The predicted octanol–water partition coefficient (Wildman–Crippen LogP) is 1.54. The molecule has 0 aromatic heterocycles. The largest absolute Gasteiger partial charge is 0.395 e. The Hall–Kier alpha value is -0.190. The van der Waals surface area contributed by atoms with Crippen LogP contribution in [0.4, 0.5) is 0 Å². The summed E-state index contributed by atoms with van der Waals surface area (Å²) < 4.78 is 0. The van der Waals surface area contributed by atoms with Gasteiger partial charge in [0.1, 0.15) is 0 Å². The highest BCUT2D eigenvalue weighted by Gasteiger charge is 2.22. The van der Waals surface area contributed by atoms with Gasteiger partial charge >= 0.3 is 0 Å². The first-order valence-corrected chi connectivity index (χ1v) is 6.70. The molecular formula is C12H24N2OS. The molecule has 3 nitrogen and oxygen atoms in total. The molecule has 1 fully saturated rings. The fraction of sp³-hybridized carbons (Fsp3) is 0.917. The molecule has 0 aromatic carbocycles. The number of rotatable bonds is 6. The van der Waals surface area contributed by atoms with Crippen molar-refractivity contribution in [3.05, 3.63) is 0 Å². The SMILES string of the molecule is CC(CN(CCO)C1CCCCC1)C(N)=S. The van der Waals surface area contributed by atoms with Crippen molar-refractivity contribution < 1.29 is 5.11 Å². The minimum Gasteiger partial charge on any atom is -0.395 e. The lowest BCUT2D eigenvalue weighted by Crippen LogP contribution is -2.43. The van der Waals surface area contributed by atoms with Crippen LogP contribution in [0.15, 0.2) is 0 Å². The van der Waals surface area contributed by atoms with E-state index in [0.717, 1.165) is 13.1 Å². The average molecular weight is 244 g/mol. The summed E-state index contributed by atoms with van der Waals surface area (Å²) in [6.07, 6.45) is 6.49. The van der Waals surface area contributed by atoms with E-state index in [1.54, 1.807) is 0 Å². The van der Waals surface area contributed by atoms with Crippen molar-refractivity contribution in [2.24, 2.45) is 11.7 Å². The molecule has 0 aliphatic heterocycles. The number of nitrogens with zero attached hydrogens (tertiary/aromatic N) is 1. The standard InChI is InChI=1S/C12H24N2OS/c1-10(12(13)16)9-14(7-8-15)11-5-3-2-4-6-11/h10-11,15H,2-9H2,1H3,(H2,13,16). The van der Waals surface area contributed by atoms with Crippen LogP contribution >= 0.6 is 12.2 Å². The van der Waals surface area contributed by atoms with Crippen molar-refractivity contribution in [3.8, 4) is 0 Å². The summed E-state index contributed by atoms with van der Waals surface area (Å²) in [5.74, 6) is 0.239. The highest BCUT2D eigenvalue weighted by Crippen LogP contribution is 2.23. The summed E-state index contributed by atoms with van der Waals surface area (Å²) in [5.41, 5.74) is 5.65. The summed E-state index contributed by atoms with van der Waals surface area (Å²) in [7, 11) is 0. The van der Waals surface area contributed by atoms with Gasteiger partial charge in [0.05, 0.1) is 11.6 Å². The van der Waals surface area contributed by atoms with Crippen molar-refractivity contribution in [1.29, 1.82) is 0 Å². The summed E-state index contributed by atoms with van der Waals surface area (Å²) in [6, 6.07) is 0.623. The zero-order chi connectivity index (χ0) is 12.0. The number of hydrogen-bond acceptors (Lipinski definition) is 3. The Bertz CT molecular complexity index is 217. The maximum absolute atomic E-state index is 9.11. The molecule has 0 aromatic rings. The van der Waals surface area contributed by atoms with Gasteiger partial charge in [-0.1, -0.05) is 38.4 Å². The van der Waals surface area contributed by atoms with Gasteiger partial charge in [0, 0.05) is 25.0 Å². The molecule has 0 radical (unpaired) electrons. The third kappa shape index (κ3) is 4.36. The van der Waals surface area contributed by atoms with Crippen LogP contribution in [0.3, 0.4) is 0 Å². The van der Waals surface area contributed by atoms with E-state index in [2.05, 4.69) is 11.8 Å². The lowest BCUT2D eigenvalue weighted by Gasteiger charge is -2.35. The molecule has 1 aliphatic rings. The van der Waals surface area contributed by atoms with E-state index in [4.69, 9.17) is 23.1 Å². The highest BCUT2D eigenvalue weighted by atomic mass is 32.1. The first-order chi connectivity index (χ1) is 7.65. The number of thiocarbonyl (C=S) groups is 1. The predicted molar refractivity (Wildman–Crippen MR) is 71.5 cm³/mol. The molecule has 1 unspecified atom stereocenters.